The van der Waals surface area contributed by atoms with Gasteiger partial charge in [-0.25, -0.2) is 14.2 Å². The molecular formula is C15H19FN2O2. The number of aromatic nitrogens is 1. The molecule has 1 aromatic rings. The van der Waals surface area contributed by atoms with Gasteiger partial charge in [-0.2, -0.15) is 0 Å². The number of halogens is 1. The Balaban J connectivity index is 1.76. The van der Waals surface area contributed by atoms with Crippen molar-refractivity contribution in [1.29, 1.82) is 0 Å². The van der Waals surface area contributed by atoms with E-state index in [0.29, 0.717) is 5.92 Å². The molecule has 4 nitrogen and oxygen atoms in total. The smallest absolute Gasteiger partial charge is 0.339 e. The number of carboxylic acid groups (broad SMARTS) is 1. The minimum absolute atomic E-state index is 0.0972. The molecule has 1 aromatic heterocycles. The number of aromatic carboxylic acids is 1. The molecule has 2 fully saturated rings. The fraction of sp³-hybridized carbons (Fsp3) is 0.600. The van der Waals surface area contributed by atoms with E-state index in [-0.39, 0.29) is 17.4 Å². The molecule has 2 saturated carbocycles. The van der Waals surface area contributed by atoms with Crippen molar-refractivity contribution in [2.24, 2.45) is 17.8 Å². The molecule has 4 atom stereocenters. The van der Waals surface area contributed by atoms with Gasteiger partial charge in [-0.1, -0.05) is 6.42 Å². The van der Waals surface area contributed by atoms with E-state index in [2.05, 4.69) is 17.2 Å². The average Bonchev–Trinajstić information content (AvgIpc) is 3.03. The summed E-state index contributed by atoms with van der Waals surface area (Å²) in [5.74, 6) is 0.655. The van der Waals surface area contributed by atoms with Crippen molar-refractivity contribution in [3.8, 4) is 0 Å². The molecule has 4 unspecified atom stereocenters. The summed E-state index contributed by atoms with van der Waals surface area (Å²) in [5.41, 5.74) is -0.0972. The number of nitrogens with zero attached hydrogens (tertiary/aromatic N) is 1. The van der Waals surface area contributed by atoms with Crippen LogP contribution in [0.1, 0.15) is 43.0 Å². The van der Waals surface area contributed by atoms with Crippen LogP contribution in [-0.2, 0) is 0 Å². The molecule has 0 aliphatic heterocycles. The number of fused-ring (bicyclic) bond motifs is 2. The molecule has 2 bridgehead atoms. The molecular weight excluding hydrogens is 259 g/mol. The second kappa shape index (κ2) is 5.04. The lowest BCUT2D eigenvalue weighted by molar-refractivity contribution is 0.0697. The van der Waals surface area contributed by atoms with Crippen LogP contribution in [-0.4, -0.2) is 22.1 Å². The number of carbonyl (C=O) groups is 1. The Kier molecular flexibility index (Phi) is 3.36. The minimum Gasteiger partial charge on any atom is -0.478 e. The van der Waals surface area contributed by atoms with Crippen LogP contribution in [0.4, 0.5) is 10.2 Å². The molecule has 1 heterocycles. The number of pyridine rings is 1. The second-order valence-electron chi connectivity index (χ2n) is 6.13. The molecule has 20 heavy (non-hydrogen) atoms. The van der Waals surface area contributed by atoms with Crippen LogP contribution in [0, 0.1) is 23.6 Å². The van der Waals surface area contributed by atoms with Crippen LogP contribution in [0.3, 0.4) is 0 Å². The first kappa shape index (κ1) is 13.3. The Morgan fingerprint density at radius 3 is 2.90 bits per heavy atom. The highest BCUT2D eigenvalue weighted by molar-refractivity contribution is 5.93. The Bertz CT molecular complexity index is 535. The number of nitrogens with one attached hydrogen (secondary N) is 1. The van der Waals surface area contributed by atoms with Crippen molar-refractivity contribution in [2.75, 3.05) is 5.32 Å². The number of hydrogen-bond acceptors (Lipinski definition) is 3. The van der Waals surface area contributed by atoms with Crippen LogP contribution in [0.5, 0.6) is 0 Å². The van der Waals surface area contributed by atoms with E-state index >= 15 is 0 Å². The summed E-state index contributed by atoms with van der Waals surface area (Å²) in [6.07, 6.45) is 6.19. The van der Waals surface area contributed by atoms with Gasteiger partial charge in [0.2, 0.25) is 0 Å². The Morgan fingerprint density at radius 2 is 2.30 bits per heavy atom. The monoisotopic (exact) mass is 278 g/mol. The van der Waals surface area contributed by atoms with Crippen molar-refractivity contribution in [3.63, 3.8) is 0 Å². The third-order valence-electron chi connectivity index (χ3n) is 4.88. The van der Waals surface area contributed by atoms with Gasteiger partial charge < -0.3 is 10.4 Å². The first-order valence-electron chi connectivity index (χ1n) is 7.20. The van der Waals surface area contributed by atoms with Crippen LogP contribution >= 0.6 is 0 Å². The molecule has 0 amide bonds. The van der Waals surface area contributed by atoms with Gasteiger partial charge in [0.1, 0.15) is 17.2 Å². The van der Waals surface area contributed by atoms with Crippen LogP contribution < -0.4 is 5.32 Å². The predicted molar refractivity (Wildman–Crippen MR) is 73.2 cm³/mol. The highest BCUT2D eigenvalue weighted by Gasteiger charge is 2.42. The molecule has 0 spiro atoms. The second-order valence-corrected chi connectivity index (χ2v) is 6.13. The van der Waals surface area contributed by atoms with E-state index in [1.165, 1.54) is 25.7 Å². The van der Waals surface area contributed by atoms with Crippen molar-refractivity contribution in [2.45, 2.75) is 38.6 Å². The van der Waals surface area contributed by atoms with Gasteiger partial charge in [0.25, 0.3) is 0 Å². The summed E-state index contributed by atoms with van der Waals surface area (Å²) < 4.78 is 13.1. The molecule has 3 rings (SSSR count). The fourth-order valence-corrected chi connectivity index (χ4v) is 3.95. The number of hydrogen-bond donors (Lipinski definition) is 2. The summed E-state index contributed by atoms with van der Waals surface area (Å²) in [6.45, 7) is 2.07. The van der Waals surface area contributed by atoms with Crippen molar-refractivity contribution >= 4 is 11.8 Å². The highest BCUT2D eigenvalue weighted by atomic mass is 19.1. The van der Waals surface area contributed by atoms with E-state index in [1.54, 1.807) is 0 Å². The number of rotatable bonds is 4. The Hall–Kier alpha value is -1.65. The highest BCUT2D eigenvalue weighted by Crippen LogP contribution is 2.49. The third-order valence-corrected chi connectivity index (χ3v) is 4.88. The van der Waals surface area contributed by atoms with Crippen LogP contribution in [0.2, 0.25) is 0 Å². The topological polar surface area (TPSA) is 62.2 Å². The Morgan fingerprint density at radius 1 is 1.50 bits per heavy atom. The normalized spacial score (nSPS) is 29.4. The Labute approximate surface area is 117 Å². The van der Waals surface area contributed by atoms with Crippen LogP contribution in [0.25, 0.3) is 0 Å². The van der Waals surface area contributed by atoms with Gasteiger partial charge in [0.05, 0.1) is 6.20 Å². The zero-order valence-electron chi connectivity index (χ0n) is 11.5. The molecule has 2 N–H and O–H groups in total. The number of carboxylic acids is 1. The lowest BCUT2D eigenvalue weighted by atomic mass is 9.84. The zero-order valence-corrected chi connectivity index (χ0v) is 11.5. The summed E-state index contributed by atoms with van der Waals surface area (Å²) in [7, 11) is 0. The molecule has 5 heteroatoms. The summed E-state index contributed by atoms with van der Waals surface area (Å²) >= 11 is 0. The SMILES string of the molecule is CC(Nc1ncc(F)cc1C(=O)O)C1CC2CCC1C2. The lowest BCUT2D eigenvalue weighted by Crippen LogP contribution is -2.31. The van der Waals surface area contributed by atoms with Crippen molar-refractivity contribution < 1.29 is 14.3 Å². The number of anilines is 1. The standard InChI is InChI=1S/C15H19FN2O2/c1-8(12-5-9-2-3-10(12)4-9)18-14-13(15(19)20)6-11(16)7-17-14/h6-10,12H,2-5H2,1H3,(H,17,18)(H,19,20). The van der Waals surface area contributed by atoms with Gasteiger partial charge in [-0.15, -0.1) is 0 Å². The lowest BCUT2D eigenvalue weighted by Gasteiger charge is -2.29. The fourth-order valence-electron chi connectivity index (χ4n) is 3.95. The summed E-state index contributed by atoms with van der Waals surface area (Å²) in [4.78, 5) is 15.1. The van der Waals surface area contributed by atoms with E-state index in [4.69, 9.17) is 5.11 Å². The zero-order chi connectivity index (χ0) is 14.3. The summed E-state index contributed by atoms with van der Waals surface area (Å²) in [5, 5.41) is 12.3. The van der Waals surface area contributed by atoms with Gasteiger partial charge in [-0.3, -0.25) is 0 Å². The van der Waals surface area contributed by atoms with E-state index in [1.807, 2.05) is 0 Å². The molecule has 108 valence electrons. The first-order chi connectivity index (χ1) is 9.54. The van der Waals surface area contributed by atoms with E-state index in [9.17, 15) is 9.18 Å². The predicted octanol–water partition coefficient (Wildman–Crippen LogP) is 3.16. The van der Waals surface area contributed by atoms with Crippen molar-refractivity contribution in [3.05, 3.63) is 23.6 Å². The molecule has 0 aromatic carbocycles. The molecule has 0 saturated heterocycles. The maximum atomic E-state index is 13.1. The quantitative estimate of drug-likeness (QED) is 0.888. The van der Waals surface area contributed by atoms with E-state index in [0.717, 1.165) is 24.1 Å². The first-order valence-corrected chi connectivity index (χ1v) is 7.20. The van der Waals surface area contributed by atoms with E-state index < -0.39 is 11.8 Å². The molecule has 2 aliphatic carbocycles. The third kappa shape index (κ3) is 2.37. The van der Waals surface area contributed by atoms with Gasteiger partial charge in [0.15, 0.2) is 0 Å². The van der Waals surface area contributed by atoms with Crippen molar-refractivity contribution in [1.82, 2.24) is 4.98 Å². The van der Waals surface area contributed by atoms with Gasteiger partial charge in [0, 0.05) is 6.04 Å². The van der Waals surface area contributed by atoms with Gasteiger partial charge in [-0.05, 0) is 50.0 Å². The molecule has 2 aliphatic rings. The average molecular weight is 278 g/mol. The largest absolute Gasteiger partial charge is 0.478 e. The minimum atomic E-state index is -1.15. The maximum Gasteiger partial charge on any atom is 0.339 e. The van der Waals surface area contributed by atoms with Crippen LogP contribution in [0.15, 0.2) is 12.3 Å². The summed E-state index contributed by atoms with van der Waals surface area (Å²) in [6, 6.07) is 1.19. The molecule has 0 radical (unpaired) electrons. The maximum absolute atomic E-state index is 13.1. The van der Waals surface area contributed by atoms with Gasteiger partial charge >= 0.3 is 5.97 Å².